The van der Waals surface area contributed by atoms with Gasteiger partial charge in [0, 0.05) is 30.4 Å². The standard InChI is InChI=1S/C26H34ClFN6O2.H2S/c1-14(2)36-23-18(15(3)25-32-16(4)22-24(29)30-8-11-34(22)25)12-19(27)21(28)20(23)26(35)31-13-17-6-9-33(5)10-7-17;/h8,11-12,14-15,17H,6-7,9-10,13H2,1-5H3,(H2,29,30)(H,31,35);1H2/t15-;/m0./s1. The van der Waals surface area contributed by atoms with Gasteiger partial charge in [-0.1, -0.05) is 18.5 Å². The summed E-state index contributed by atoms with van der Waals surface area (Å²) in [5.41, 5.74) is 7.91. The van der Waals surface area contributed by atoms with Gasteiger partial charge in [-0.3, -0.25) is 9.20 Å². The Hall–Kier alpha value is -2.56. The second-order valence-corrected chi connectivity index (χ2v) is 10.3. The van der Waals surface area contributed by atoms with Crippen LogP contribution < -0.4 is 15.8 Å². The number of likely N-dealkylation sites (tertiary alicyclic amines) is 1. The zero-order valence-electron chi connectivity index (χ0n) is 21.9. The van der Waals surface area contributed by atoms with E-state index in [0.29, 0.717) is 35.2 Å². The summed E-state index contributed by atoms with van der Waals surface area (Å²) >= 11 is 6.34. The first-order valence-corrected chi connectivity index (χ1v) is 12.7. The lowest BCUT2D eigenvalue weighted by molar-refractivity contribution is 0.0928. The van der Waals surface area contributed by atoms with Gasteiger partial charge in [-0.05, 0) is 65.7 Å². The maximum atomic E-state index is 15.4. The molecule has 1 aliphatic rings. The van der Waals surface area contributed by atoms with Gasteiger partial charge in [-0.15, -0.1) is 0 Å². The molecule has 0 bridgehead atoms. The number of nitrogens with zero attached hydrogens (tertiary/aromatic N) is 4. The quantitative estimate of drug-likeness (QED) is 0.448. The van der Waals surface area contributed by atoms with Gasteiger partial charge in [0.2, 0.25) is 0 Å². The van der Waals surface area contributed by atoms with Gasteiger partial charge in [0.25, 0.3) is 5.91 Å². The number of carbonyl (C=O) groups excluding carboxylic acids is 1. The van der Waals surface area contributed by atoms with Crippen molar-refractivity contribution in [2.45, 2.75) is 52.6 Å². The Morgan fingerprint density at radius 3 is 2.65 bits per heavy atom. The monoisotopic (exact) mass is 550 g/mol. The van der Waals surface area contributed by atoms with Gasteiger partial charge in [0.05, 0.1) is 16.8 Å². The van der Waals surface area contributed by atoms with Crippen LogP contribution in [0.5, 0.6) is 5.75 Å². The first kappa shape index (κ1) is 29.0. The number of hydrogen-bond acceptors (Lipinski definition) is 6. The van der Waals surface area contributed by atoms with Crippen molar-refractivity contribution in [3.8, 4) is 5.75 Å². The van der Waals surface area contributed by atoms with E-state index in [1.807, 2.05) is 32.1 Å². The Balaban J connectivity index is 0.00000380. The molecular weight excluding hydrogens is 515 g/mol. The number of hydrogen-bond donors (Lipinski definition) is 2. The molecule has 0 saturated carbocycles. The van der Waals surface area contributed by atoms with E-state index in [1.165, 1.54) is 6.07 Å². The molecule has 1 fully saturated rings. The predicted octanol–water partition coefficient (Wildman–Crippen LogP) is 4.54. The molecule has 2 aromatic heterocycles. The van der Waals surface area contributed by atoms with E-state index in [2.05, 4.69) is 22.2 Å². The van der Waals surface area contributed by atoms with Crippen LogP contribution in [0.15, 0.2) is 18.5 Å². The van der Waals surface area contributed by atoms with Crippen molar-refractivity contribution in [3.63, 3.8) is 0 Å². The number of piperidine rings is 1. The number of carbonyl (C=O) groups is 1. The van der Waals surface area contributed by atoms with Crippen molar-refractivity contribution in [2.24, 2.45) is 5.92 Å². The van der Waals surface area contributed by atoms with Crippen LogP contribution >= 0.6 is 25.1 Å². The summed E-state index contributed by atoms with van der Waals surface area (Å²) in [4.78, 5) is 24.5. The van der Waals surface area contributed by atoms with E-state index in [-0.39, 0.29) is 41.9 Å². The molecule has 8 nitrogen and oxygen atoms in total. The van der Waals surface area contributed by atoms with E-state index in [1.54, 1.807) is 12.4 Å². The van der Waals surface area contributed by atoms with E-state index in [9.17, 15) is 4.79 Å². The molecule has 4 rings (SSSR count). The number of fused-ring (bicyclic) bond motifs is 1. The van der Waals surface area contributed by atoms with Crippen molar-refractivity contribution >= 4 is 42.3 Å². The maximum absolute atomic E-state index is 15.4. The van der Waals surface area contributed by atoms with Gasteiger partial charge in [0.1, 0.15) is 28.5 Å². The van der Waals surface area contributed by atoms with Crippen LogP contribution in [0.1, 0.15) is 67.0 Å². The molecule has 37 heavy (non-hydrogen) atoms. The molecule has 1 saturated heterocycles. The van der Waals surface area contributed by atoms with E-state index in [0.717, 1.165) is 31.6 Å². The first-order chi connectivity index (χ1) is 17.1. The normalized spacial score (nSPS) is 15.6. The summed E-state index contributed by atoms with van der Waals surface area (Å²) in [7, 11) is 2.09. The van der Waals surface area contributed by atoms with Crippen LogP contribution in [0.3, 0.4) is 0 Å². The third kappa shape index (κ3) is 5.97. The molecule has 1 atom stereocenters. The van der Waals surface area contributed by atoms with Crippen molar-refractivity contribution in [3.05, 3.63) is 51.9 Å². The van der Waals surface area contributed by atoms with Crippen molar-refractivity contribution in [1.82, 2.24) is 24.6 Å². The van der Waals surface area contributed by atoms with Crippen molar-refractivity contribution in [2.75, 3.05) is 32.4 Å². The van der Waals surface area contributed by atoms with Crippen LogP contribution in [-0.4, -0.2) is 58.0 Å². The average Bonchev–Trinajstić information content (AvgIpc) is 3.17. The molecule has 11 heteroatoms. The smallest absolute Gasteiger partial charge is 0.258 e. The third-order valence-electron chi connectivity index (χ3n) is 6.81. The second-order valence-electron chi connectivity index (χ2n) is 9.90. The molecule has 3 N–H and O–H groups in total. The highest BCUT2D eigenvalue weighted by Gasteiger charge is 2.30. The summed E-state index contributed by atoms with van der Waals surface area (Å²) < 4.78 is 23.4. The number of aryl methyl sites for hydroxylation is 1. The Kier molecular flexibility index (Phi) is 9.31. The van der Waals surface area contributed by atoms with E-state index in [4.69, 9.17) is 27.1 Å². The minimum atomic E-state index is -0.790. The van der Waals surface area contributed by atoms with Crippen LogP contribution in [-0.2, 0) is 0 Å². The average molecular weight is 551 g/mol. The maximum Gasteiger partial charge on any atom is 0.258 e. The van der Waals surface area contributed by atoms with Gasteiger partial charge >= 0.3 is 0 Å². The minimum absolute atomic E-state index is 0. The highest BCUT2D eigenvalue weighted by molar-refractivity contribution is 7.59. The largest absolute Gasteiger partial charge is 0.490 e. The zero-order valence-corrected chi connectivity index (χ0v) is 23.7. The summed E-state index contributed by atoms with van der Waals surface area (Å²) in [5, 5.41) is 2.79. The Labute approximate surface area is 229 Å². The van der Waals surface area contributed by atoms with Crippen molar-refractivity contribution in [1.29, 1.82) is 0 Å². The van der Waals surface area contributed by atoms with Crippen LogP contribution in [0, 0.1) is 18.7 Å². The molecule has 0 unspecified atom stereocenters. The summed E-state index contributed by atoms with van der Waals surface area (Å²) in [6, 6.07) is 1.52. The Morgan fingerprint density at radius 2 is 2.00 bits per heavy atom. The Bertz CT molecular complexity index is 1280. The molecular formula is C26H36ClFN6O2S. The SMILES string of the molecule is Cc1nc([C@@H](C)c2cc(Cl)c(F)c(C(=O)NCC3CCN(C)CC3)c2OC(C)C)n2ccnc(N)c12.S. The van der Waals surface area contributed by atoms with Gasteiger partial charge in [-0.2, -0.15) is 13.5 Å². The number of nitrogens with one attached hydrogen (secondary N) is 1. The minimum Gasteiger partial charge on any atom is -0.490 e. The number of rotatable bonds is 7. The molecule has 0 spiro atoms. The molecule has 1 aromatic carbocycles. The zero-order chi connectivity index (χ0) is 26.1. The molecule has 202 valence electrons. The first-order valence-electron chi connectivity index (χ1n) is 12.3. The number of halogens is 2. The highest BCUT2D eigenvalue weighted by Crippen LogP contribution is 2.40. The predicted molar refractivity (Wildman–Crippen MR) is 150 cm³/mol. The third-order valence-corrected chi connectivity index (χ3v) is 7.08. The van der Waals surface area contributed by atoms with Gasteiger partial charge in [-0.25, -0.2) is 14.4 Å². The summed E-state index contributed by atoms with van der Waals surface area (Å²) in [6.45, 7) is 9.88. The number of nitrogens with two attached hydrogens (primary N) is 1. The number of nitrogen functional groups attached to an aromatic ring is 1. The molecule has 1 aliphatic heterocycles. The lowest BCUT2D eigenvalue weighted by Crippen LogP contribution is -2.37. The van der Waals surface area contributed by atoms with E-state index >= 15 is 4.39 Å². The Morgan fingerprint density at radius 1 is 1.32 bits per heavy atom. The van der Waals surface area contributed by atoms with Crippen LogP contribution in [0.4, 0.5) is 10.2 Å². The fraction of sp³-hybridized carbons (Fsp3) is 0.500. The number of ether oxygens (including phenoxy) is 1. The van der Waals surface area contributed by atoms with E-state index < -0.39 is 11.7 Å². The molecule has 0 aliphatic carbocycles. The fourth-order valence-corrected chi connectivity index (χ4v) is 5.03. The van der Waals surface area contributed by atoms with Crippen molar-refractivity contribution < 1.29 is 13.9 Å². The summed E-state index contributed by atoms with van der Waals surface area (Å²) in [5.74, 6) is -0.163. The van der Waals surface area contributed by atoms with Gasteiger partial charge in [0.15, 0.2) is 5.82 Å². The lowest BCUT2D eigenvalue weighted by atomic mass is 9.95. The number of aromatic nitrogens is 3. The molecule has 3 aromatic rings. The number of benzene rings is 1. The van der Waals surface area contributed by atoms with Gasteiger partial charge < -0.3 is 20.7 Å². The molecule has 1 amide bonds. The number of amides is 1. The topological polar surface area (TPSA) is 97.8 Å². The summed E-state index contributed by atoms with van der Waals surface area (Å²) in [6.07, 6.45) is 5.05. The van der Waals surface area contributed by atoms with Crippen LogP contribution in [0.2, 0.25) is 5.02 Å². The molecule has 3 heterocycles. The number of imidazole rings is 1. The second kappa shape index (κ2) is 11.9. The number of anilines is 1. The lowest BCUT2D eigenvalue weighted by Gasteiger charge is -2.29. The fourth-order valence-electron chi connectivity index (χ4n) is 4.82. The highest BCUT2D eigenvalue weighted by atomic mass is 35.5. The molecule has 0 radical (unpaired) electrons. The van der Waals surface area contributed by atoms with Crippen LogP contribution in [0.25, 0.3) is 5.52 Å².